The molecule has 0 unspecified atom stereocenters. The summed E-state index contributed by atoms with van der Waals surface area (Å²) in [6, 6.07) is 6.00. The molecule has 0 radical (unpaired) electrons. The summed E-state index contributed by atoms with van der Waals surface area (Å²) < 4.78 is 7.52. The smallest absolute Gasteiger partial charge is 0.159 e. The monoisotopic (exact) mass is 302 g/mol. The van der Waals surface area contributed by atoms with Crippen molar-refractivity contribution in [3.63, 3.8) is 0 Å². The van der Waals surface area contributed by atoms with Gasteiger partial charge in [0.25, 0.3) is 0 Å². The van der Waals surface area contributed by atoms with E-state index < -0.39 is 0 Å². The average Bonchev–Trinajstić information content (AvgIpc) is 3.01. The fraction of sp³-hybridized carbons (Fsp3) is 0.333. The number of hydrogen-bond donors (Lipinski definition) is 0. The first-order valence-electron chi connectivity index (χ1n) is 6.68. The molecule has 0 bridgehead atoms. The zero-order valence-corrected chi connectivity index (χ0v) is 12.7. The molecule has 3 heterocycles. The molecule has 5 nitrogen and oxygen atoms in total. The molecule has 1 aliphatic rings. The number of nitrogens with zero attached hydrogens (tertiary/aromatic N) is 4. The van der Waals surface area contributed by atoms with E-state index in [1.165, 1.54) is 0 Å². The number of aromatic nitrogens is 2. The van der Waals surface area contributed by atoms with E-state index in [4.69, 9.17) is 16.3 Å². The first-order chi connectivity index (χ1) is 10.2. The number of halogens is 1. The van der Waals surface area contributed by atoms with E-state index in [0.29, 0.717) is 23.0 Å². The van der Waals surface area contributed by atoms with Gasteiger partial charge in [-0.1, -0.05) is 17.7 Å². The topological polar surface area (TPSA) is 54.1 Å². The van der Waals surface area contributed by atoms with Gasteiger partial charge in [0.05, 0.1) is 12.8 Å². The van der Waals surface area contributed by atoms with Gasteiger partial charge in [-0.2, -0.15) is 5.26 Å². The molecule has 2 aromatic heterocycles. The minimum atomic E-state index is 0.485. The van der Waals surface area contributed by atoms with E-state index in [2.05, 4.69) is 20.5 Å². The Kier molecular flexibility index (Phi) is 3.48. The number of hydrogen-bond acceptors (Lipinski definition) is 4. The molecular weight excluding hydrogens is 288 g/mol. The highest BCUT2D eigenvalue weighted by Crippen LogP contribution is 2.39. The van der Waals surface area contributed by atoms with Gasteiger partial charge in [-0.15, -0.1) is 0 Å². The summed E-state index contributed by atoms with van der Waals surface area (Å²) in [5, 5.41) is 9.93. The van der Waals surface area contributed by atoms with Crippen molar-refractivity contribution in [2.24, 2.45) is 0 Å². The summed E-state index contributed by atoms with van der Waals surface area (Å²) in [4.78, 5) is 6.28. The second-order valence-corrected chi connectivity index (χ2v) is 5.38. The Labute approximate surface area is 128 Å². The molecule has 108 valence electrons. The van der Waals surface area contributed by atoms with Crippen molar-refractivity contribution in [1.82, 2.24) is 9.55 Å². The van der Waals surface area contributed by atoms with E-state index in [0.717, 1.165) is 30.2 Å². The molecule has 0 N–H and O–H groups in total. The molecule has 2 aromatic rings. The highest BCUT2D eigenvalue weighted by molar-refractivity contribution is 6.29. The summed E-state index contributed by atoms with van der Waals surface area (Å²) in [5.41, 5.74) is 2.67. The van der Waals surface area contributed by atoms with Crippen molar-refractivity contribution in [3.8, 4) is 11.8 Å². The lowest BCUT2D eigenvalue weighted by molar-refractivity contribution is 0.408. The third kappa shape index (κ3) is 2.22. The van der Waals surface area contributed by atoms with E-state index in [1.54, 1.807) is 19.4 Å². The Morgan fingerprint density at radius 1 is 1.43 bits per heavy atom. The quantitative estimate of drug-likeness (QED) is 0.818. The van der Waals surface area contributed by atoms with Crippen molar-refractivity contribution in [2.75, 3.05) is 18.6 Å². The summed E-state index contributed by atoms with van der Waals surface area (Å²) in [7, 11) is 1.60. The minimum Gasteiger partial charge on any atom is -0.493 e. The molecule has 3 rings (SSSR count). The van der Waals surface area contributed by atoms with Crippen LogP contribution >= 0.6 is 11.6 Å². The average molecular weight is 303 g/mol. The van der Waals surface area contributed by atoms with Crippen LogP contribution in [0, 0.1) is 18.3 Å². The maximum absolute atomic E-state index is 9.45. The van der Waals surface area contributed by atoms with Gasteiger partial charge in [0.2, 0.25) is 0 Å². The van der Waals surface area contributed by atoms with Crippen LogP contribution in [0.4, 0.5) is 5.82 Å². The molecule has 0 spiro atoms. The van der Waals surface area contributed by atoms with Crippen LogP contribution in [0.2, 0.25) is 5.15 Å². The van der Waals surface area contributed by atoms with Gasteiger partial charge in [-0.3, -0.25) is 0 Å². The molecule has 0 aliphatic carbocycles. The van der Waals surface area contributed by atoms with Gasteiger partial charge in [0.1, 0.15) is 22.6 Å². The van der Waals surface area contributed by atoms with E-state index in [1.807, 2.05) is 13.0 Å². The van der Waals surface area contributed by atoms with Crippen molar-refractivity contribution in [2.45, 2.75) is 20.0 Å². The summed E-state index contributed by atoms with van der Waals surface area (Å²) in [6.45, 7) is 4.42. The summed E-state index contributed by atoms with van der Waals surface area (Å²) in [5.74, 6) is 1.60. The molecule has 0 amide bonds. The summed E-state index contributed by atoms with van der Waals surface area (Å²) >= 11 is 5.81. The number of methoxy groups -OCH3 is 1. The summed E-state index contributed by atoms with van der Waals surface area (Å²) in [6.07, 6.45) is 1.77. The lowest BCUT2D eigenvalue weighted by atomic mass is 10.2. The maximum Gasteiger partial charge on any atom is 0.159 e. The SMILES string of the molecule is COc1c(C#N)c2n(c1C)CCN2Cc1ccc(Cl)nc1. The number of pyridine rings is 1. The fourth-order valence-electron chi connectivity index (χ4n) is 2.85. The normalized spacial score (nSPS) is 13.1. The van der Waals surface area contributed by atoms with Crippen LogP contribution in [0.15, 0.2) is 18.3 Å². The molecular formula is C15H15ClN4O. The van der Waals surface area contributed by atoms with Gasteiger partial charge in [0, 0.05) is 25.8 Å². The Morgan fingerprint density at radius 3 is 2.86 bits per heavy atom. The van der Waals surface area contributed by atoms with Crippen LogP contribution in [-0.2, 0) is 13.1 Å². The Bertz CT molecular complexity index is 715. The van der Waals surface area contributed by atoms with Crippen LogP contribution in [0.25, 0.3) is 0 Å². The number of ether oxygens (including phenoxy) is 1. The van der Waals surface area contributed by atoms with Crippen LogP contribution in [-0.4, -0.2) is 23.2 Å². The Balaban J connectivity index is 1.96. The third-order valence-electron chi connectivity index (χ3n) is 3.81. The number of nitriles is 1. The van der Waals surface area contributed by atoms with Crippen molar-refractivity contribution >= 4 is 17.4 Å². The number of anilines is 1. The predicted molar refractivity (Wildman–Crippen MR) is 80.7 cm³/mol. The molecule has 1 aliphatic heterocycles. The van der Waals surface area contributed by atoms with Crippen LogP contribution in [0.1, 0.15) is 16.8 Å². The molecule has 0 atom stereocenters. The van der Waals surface area contributed by atoms with Crippen molar-refractivity contribution in [3.05, 3.63) is 40.3 Å². The van der Waals surface area contributed by atoms with E-state index >= 15 is 0 Å². The maximum atomic E-state index is 9.45. The van der Waals surface area contributed by atoms with Crippen LogP contribution < -0.4 is 9.64 Å². The van der Waals surface area contributed by atoms with Crippen LogP contribution in [0.5, 0.6) is 5.75 Å². The molecule has 0 aromatic carbocycles. The zero-order valence-electron chi connectivity index (χ0n) is 11.9. The Hall–Kier alpha value is -2.19. The number of fused-ring (bicyclic) bond motifs is 1. The van der Waals surface area contributed by atoms with Crippen molar-refractivity contribution in [1.29, 1.82) is 5.26 Å². The predicted octanol–water partition coefficient (Wildman–Crippen LogP) is 2.75. The largest absolute Gasteiger partial charge is 0.493 e. The van der Waals surface area contributed by atoms with E-state index in [-0.39, 0.29) is 0 Å². The second kappa shape index (κ2) is 5.30. The highest BCUT2D eigenvalue weighted by Gasteiger charge is 2.29. The Morgan fingerprint density at radius 2 is 2.24 bits per heavy atom. The van der Waals surface area contributed by atoms with Gasteiger partial charge in [0.15, 0.2) is 5.75 Å². The molecule has 0 saturated heterocycles. The highest BCUT2D eigenvalue weighted by atomic mass is 35.5. The minimum absolute atomic E-state index is 0.485. The molecule has 21 heavy (non-hydrogen) atoms. The lowest BCUT2D eigenvalue weighted by Gasteiger charge is -2.17. The van der Waals surface area contributed by atoms with Gasteiger partial charge in [-0.05, 0) is 18.6 Å². The fourth-order valence-corrected chi connectivity index (χ4v) is 2.96. The molecule has 0 fully saturated rings. The molecule has 6 heteroatoms. The third-order valence-corrected chi connectivity index (χ3v) is 4.03. The lowest BCUT2D eigenvalue weighted by Crippen LogP contribution is -2.20. The van der Waals surface area contributed by atoms with Crippen molar-refractivity contribution < 1.29 is 4.74 Å². The second-order valence-electron chi connectivity index (χ2n) is 4.99. The number of rotatable bonds is 3. The van der Waals surface area contributed by atoms with E-state index in [9.17, 15) is 5.26 Å². The standard InChI is InChI=1S/C15H15ClN4O/c1-10-14(21-2)12(7-17)15-19(5-6-20(10)15)9-11-3-4-13(16)18-8-11/h3-4,8H,5-6,9H2,1-2H3. The van der Waals surface area contributed by atoms with Gasteiger partial charge in [-0.25, -0.2) is 4.98 Å². The first-order valence-corrected chi connectivity index (χ1v) is 7.06. The van der Waals surface area contributed by atoms with Crippen LogP contribution in [0.3, 0.4) is 0 Å². The van der Waals surface area contributed by atoms with Gasteiger partial charge >= 0.3 is 0 Å². The zero-order chi connectivity index (χ0) is 15.0. The van der Waals surface area contributed by atoms with Gasteiger partial charge < -0.3 is 14.2 Å². The molecule has 0 saturated carbocycles. The first kappa shape index (κ1) is 13.8.